The Morgan fingerprint density at radius 2 is 0.900 bits per heavy atom. The van der Waals surface area contributed by atoms with E-state index in [1.807, 2.05) is 0 Å². The average Bonchev–Trinajstić information content (AvgIpc) is 2.76. The zero-order valence-corrected chi connectivity index (χ0v) is 25.0. The third-order valence-electron chi connectivity index (χ3n) is 7.53. The molecular weight excluding hydrogens is 596 g/mol. The zero-order chi connectivity index (χ0) is 23.5. The van der Waals surface area contributed by atoms with Gasteiger partial charge in [0, 0.05) is 55.5 Å². The van der Waals surface area contributed by atoms with Gasteiger partial charge in [-0.05, 0) is 137 Å². The highest BCUT2D eigenvalue weighted by Gasteiger charge is 2.24. The highest BCUT2D eigenvalue weighted by atomic mass is 128. The Labute approximate surface area is 208 Å². The molecule has 0 saturated heterocycles. The number of halogens is 2. The quantitative estimate of drug-likeness (QED) is 0.338. The molecule has 1 unspecified atom stereocenters. The average molecular weight is 635 g/mol. The summed E-state index contributed by atoms with van der Waals surface area (Å²) in [5.41, 5.74) is 16.4. The number of rotatable bonds is 5. The summed E-state index contributed by atoms with van der Waals surface area (Å²) in [6.45, 7) is 25.4. The van der Waals surface area contributed by atoms with E-state index in [0.29, 0.717) is 0 Å². The Bertz CT molecular complexity index is 860. The van der Waals surface area contributed by atoms with Crippen molar-refractivity contribution < 1.29 is 5.11 Å². The van der Waals surface area contributed by atoms with Crippen molar-refractivity contribution in [2.75, 3.05) is 11.5 Å². The molecule has 2 rings (SSSR count). The van der Waals surface area contributed by atoms with Crippen molar-refractivity contribution in [2.45, 2.75) is 88.7 Å². The van der Waals surface area contributed by atoms with Crippen LogP contribution in [0.15, 0.2) is 0 Å². The maximum absolute atomic E-state index is 10.1. The lowest BCUT2D eigenvalue weighted by molar-refractivity contribution is 0.266. The Balaban J connectivity index is 0.00000218. The van der Waals surface area contributed by atoms with Crippen molar-refractivity contribution in [2.24, 2.45) is 0 Å². The first-order chi connectivity index (χ1) is 13.9. The molecule has 0 amide bonds. The van der Waals surface area contributed by atoms with Gasteiger partial charge in [0.2, 0.25) is 0 Å². The van der Waals surface area contributed by atoms with Gasteiger partial charge in [-0.25, -0.2) is 0 Å². The van der Waals surface area contributed by atoms with E-state index in [1.54, 1.807) is 0 Å². The number of anilines is 1. The molecule has 0 saturated carbocycles. The van der Waals surface area contributed by atoms with Gasteiger partial charge in [0.05, 0.1) is 6.61 Å². The molecule has 4 heteroatoms. The van der Waals surface area contributed by atoms with Crippen LogP contribution < -0.4 is 4.90 Å². The first kappa shape index (κ1) is 27.7. The smallest absolute Gasteiger partial charge is 0.0632 e. The van der Waals surface area contributed by atoms with Crippen LogP contribution in [0.25, 0.3) is 0 Å². The third kappa shape index (κ3) is 5.17. The second-order valence-corrected chi connectivity index (χ2v) is 8.74. The van der Waals surface area contributed by atoms with Gasteiger partial charge in [-0.15, -0.1) is 0 Å². The molecule has 1 N–H and O–H groups in total. The molecule has 0 aromatic heterocycles. The van der Waals surface area contributed by atoms with Crippen LogP contribution in [0.1, 0.15) is 68.1 Å². The molecule has 30 heavy (non-hydrogen) atoms. The summed E-state index contributed by atoms with van der Waals surface area (Å²) in [7, 11) is 0. The van der Waals surface area contributed by atoms with Crippen LogP contribution in [-0.2, 0) is 6.54 Å². The summed E-state index contributed by atoms with van der Waals surface area (Å²) in [5, 5.41) is 10.1. The first-order valence-corrected chi connectivity index (χ1v) is 16.9. The number of aliphatic hydroxyl groups excluding tert-OH is 1. The lowest BCUT2D eigenvalue weighted by atomic mass is 9.88. The molecule has 1 atom stereocenters. The standard InChI is InChI=1S/C26H39NO.I2/c1-14(13-28)27(26-23(10)19(6)16(3)20(7)24(26)11)12-25-21(8)17(4)15(2)18(5)22(25)9;1-2/h14,28H,12-13H2,1-11H3;. The van der Waals surface area contributed by atoms with Gasteiger partial charge in [0.25, 0.3) is 0 Å². The van der Waals surface area contributed by atoms with Crippen molar-refractivity contribution >= 4 is 42.9 Å². The molecule has 168 valence electrons. The highest BCUT2D eigenvalue weighted by molar-refractivity contribution is 15.0. The van der Waals surface area contributed by atoms with Gasteiger partial charge in [-0.1, -0.05) is 0 Å². The fourth-order valence-electron chi connectivity index (χ4n) is 4.45. The molecule has 2 aromatic rings. The van der Waals surface area contributed by atoms with Crippen LogP contribution in [0.2, 0.25) is 0 Å². The van der Waals surface area contributed by atoms with E-state index >= 15 is 0 Å². The summed E-state index contributed by atoms with van der Waals surface area (Å²) >= 11 is 4.24. The maximum atomic E-state index is 10.1. The Hall–Kier alpha value is -0.340. The molecule has 0 aliphatic carbocycles. The number of hydrogen-bond donors (Lipinski definition) is 1. The largest absolute Gasteiger partial charge is 0.394 e. The van der Waals surface area contributed by atoms with Crippen LogP contribution >= 0.6 is 37.2 Å². The Morgan fingerprint density at radius 3 is 1.23 bits per heavy atom. The van der Waals surface area contributed by atoms with Gasteiger partial charge in [-0.3, -0.25) is 0 Å². The van der Waals surface area contributed by atoms with Crippen molar-refractivity contribution in [3.8, 4) is 0 Å². The normalized spacial score (nSPS) is 11.8. The minimum absolute atomic E-state index is 0.0552. The highest BCUT2D eigenvalue weighted by Crippen LogP contribution is 2.36. The molecule has 0 bridgehead atoms. The van der Waals surface area contributed by atoms with Gasteiger partial charge in [-0.2, -0.15) is 0 Å². The van der Waals surface area contributed by atoms with E-state index in [0.717, 1.165) is 6.54 Å². The topological polar surface area (TPSA) is 23.5 Å². The predicted octanol–water partition coefficient (Wildman–Crippen LogP) is 7.93. The monoisotopic (exact) mass is 635 g/mol. The lowest BCUT2D eigenvalue weighted by Gasteiger charge is -2.36. The molecule has 0 fully saturated rings. The molecule has 0 aliphatic heterocycles. The molecule has 2 nitrogen and oxygen atoms in total. The predicted molar refractivity (Wildman–Crippen MR) is 151 cm³/mol. The van der Waals surface area contributed by atoms with E-state index in [4.69, 9.17) is 0 Å². The van der Waals surface area contributed by atoms with Gasteiger partial charge in [0.1, 0.15) is 0 Å². The van der Waals surface area contributed by atoms with Gasteiger partial charge < -0.3 is 10.0 Å². The fourth-order valence-corrected chi connectivity index (χ4v) is 4.45. The van der Waals surface area contributed by atoms with Crippen molar-refractivity contribution in [1.29, 1.82) is 0 Å². The number of benzene rings is 2. The second kappa shape index (κ2) is 11.5. The molecule has 0 spiro atoms. The first-order valence-electron chi connectivity index (χ1n) is 10.6. The summed E-state index contributed by atoms with van der Waals surface area (Å²) in [4.78, 5) is 2.42. The van der Waals surface area contributed by atoms with Crippen molar-refractivity contribution in [1.82, 2.24) is 0 Å². The third-order valence-corrected chi connectivity index (χ3v) is 7.53. The second-order valence-electron chi connectivity index (χ2n) is 8.74. The Kier molecular flexibility index (Phi) is 10.6. The molecule has 0 heterocycles. The van der Waals surface area contributed by atoms with E-state index in [1.165, 1.54) is 66.9 Å². The fraction of sp³-hybridized carbons (Fsp3) is 0.538. The SMILES string of the molecule is Cc1c(C)c(C)c(CN(c2c(C)c(C)c(C)c(C)c2C)C(C)CO)c(C)c1C.II. The number of nitrogens with zero attached hydrogens (tertiary/aromatic N) is 1. The molecule has 0 aliphatic rings. The number of aliphatic hydroxyl groups is 1. The molecule has 2 aromatic carbocycles. The maximum Gasteiger partial charge on any atom is 0.0632 e. The van der Waals surface area contributed by atoms with Crippen molar-refractivity contribution in [3.05, 3.63) is 61.2 Å². The van der Waals surface area contributed by atoms with Crippen LogP contribution in [0.4, 0.5) is 5.69 Å². The van der Waals surface area contributed by atoms with Crippen LogP contribution in [-0.4, -0.2) is 17.8 Å². The lowest BCUT2D eigenvalue weighted by Crippen LogP contribution is -2.37. The zero-order valence-electron chi connectivity index (χ0n) is 20.6. The van der Waals surface area contributed by atoms with E-state index in [-0.39, 0.29) is 12.6 Å². The summed E-state index contributed by atoms with van der Waals surface area (Å²) < 4.78 is 0. The molecule has 0 radical (unpaired) electrons. The summed E-state index contributed by atoms with van der Waals surface area (Å²) in [5.74, 6) is 0. The molecular formula is C26H39I2NO. The minimum Gasteiger partial charge on any atom is -0.394 e. The van der Waals surface area contributed by atoms with E-state index in [9.17, 15) is 5.11 Å². The van der Waals surface area contributed by atoms with Crippen molar-refractivity contribution in [3.63, 3.8) is 0 Å². The van der Waals surface area contributed by atoms with Crippen LogP contribution in [0.5, 0.6) is 0 Å². The van der Waals surface area contributed by atoms with Gasteiger partial charge >= 0.3 is 0 Å². The summed E-state index contributed by atoms with van der Waals surface area (Å²) in [6.07, 6.45) is 0. The van der Waals surface area contributed by atoms with E-state index < -0.39 is 0 Å². The minimum atomic E-state index is 0.0552. The number of hydrogen-bond acceptors (Lipinski definition) is 2. The van der Waals surface area contributed by atoms with Gasteiger partial charge in [0.15, 0.2) is 0 Å². The van der Waals surface area contributed by atoms with Crippen LogP contribution in [0.3, 0.4) is 0 Å². The Morgan fingerprint density at radius 1 is 0.600 bits per heavy atom. The summed E-state index contributed by atoms with van der Waals surface area (Å²) in [6, 6.07) is 0.0552. The van der Waals surface area contributed by atoms with Crippen LogP contribution in [0, 0.1) is 69.2 Å². The van der Waals surface area contributed by atoms with E-state index in [2.05, 4.69) is 118 Å².